The van der Waals surface area contributed by atoms with Crippen molar-refractivity contribution in [2.75, 3.05) is 18.0 Å². The molecule has 0 radical (unpaired) electrons. The van der Waals surface area contributed by atoms with E-state index in [1.54, 1.807) is 0 Å². The Hall–Kier alpha value is -1.04. The predicted molar refractivity (Wildman–Crippen MR) is 68.1 cm³/mol. The summed E-state index contributed by atoms with van der Waals surface area (Å²) in [6.07, 6.45) is -2.98. The molecule has 1 aromatic carbocycles. The normalized spacial score (nSPS) is 11.4. The Morgan fingerprint density at radius 1 is 1.39 bits per heavy atom. The van der Waals surface area contributed by atoms with E-state index in [4.69, 9.17) is 0 Å². The van der Waals surface area contributed by atoms with Gasteiger partial charge >= 0.3 is 6.18 Å². The molecule has 0 aliphatic rings. The zero-order valence-electron chi connectivity index (χ0n) is 9.80. The van der Waals surface area contributed by atoms with E-state index in [-0.39, 0.29) is 0 Å². The fourth-order valence-corrected chi connectivity index (χ4v) is 2.05. The monoisotopic (exact) mass is 323 g/mol. The zero-order valence-corrected chi connectivity index (χ0v) is 11.4. The molecule has 0 bridgehead atoms. The molecule has 6 heteroatoms. The van der Waals surface area contributed by atoms with E-state index >= 15 is 0 Å². The van der Waals surface area contributed by atoms with Crippen molar-refractivity contribution in [1.82, 2.24) is 0 Å². The number of hydrogen-bond acceptors (Lipinski definition) is 2. The lowest BCUT2D eigenvalue weighted by atomic mass is 10.2. The number of aldehydes is 1. The van der Waals surface area contributed by atoms with E-state index in [0.29, 0.717) is 35.0 Å². The second kappa shape index (κ2) is 6.22. The third-order valence-electron chi connectivity index (χ3n) is 2.34. The number of halogens is 4. The summed E-state index contributed by atoms with van der Waals surface area (Å²) in [6.45, 7) is 1.14. The highest BCUT2D eigenvalue weighted by atomic mass is 79.9. The van der Waals surface area contributed by atoms with Crippen LogP contribution in [0.5, 0.6) is 0 Å². The van der Waals surface area contributed by atoms with E-state index < -0.39 is 12.7 Å². The summed E-state index contributed by atoms with van der Waals surface area (Å²) in [7, 11) is 0. The Balaban J connectivity index is 2.98. The van der Waals surface area contributed by atoms with Crippen molar-refractivity contribution >= 4 is 27.9 Å². The van der Waals surface area contributed by atoms with Gasteiger partial charge in [-0.1, -0.05) is 6.92 Å². The summed E-state index contributed by atoms with van der Waals surface area (Å²) in [5.74, 6) is 0. The number of hydrogen-bond donors (Lipinski definition) is 0. The van der Waals surface area contributed by atoms with E-state index in [2.05, 4.69) is 15.9 Å². The van der Waals surface area contributed by atoms with E-state index in [1.807, 2.05) is 6.92 Å². The number of carbonyl (C=O) groups is 1. The van der Waals surface area contributed by atoms with Crippen LogP contribution in [-0.2, 0) is 0 Å². The molecule has 100 valence electrons. The molecule has 0 amide bonds. The lowest BCUT2D eigenvalue weighted by molar-refractivity contribution is -0.119. The highest BCUT2D eigenvalue weighted by molar-refractivity contribution is 9.10. The second-order valence-electron chi connectivity index (χ2n) is 3.86. The molecule has 1 aromatic rings. The molecule has 0 aliphatic heterocycles. The van der Waals surface area contributed by atoms with Crippen LogP contribution in [0.25, 0.3) is 0 Å². The lowest BCUT2D eigenvalue weighted by Crippen LogP contribution is -2.34. The summed E-state index contributed by atoms with van der Waals surface area (Å²) >= 11 is 3.17. The SMILES string of the molecule is CCCN(CC(F)(F)F)c1ccc(C=O)c(Br)c1. The first-order chi connectivity index (χ1) is 8.37. The van der Waals surface area contributed by atoms with Gasteiger partial charge in [-0.05, 0) is 40.5 Å². The van der Waals surface area contributed by atoms with Gasteiger partial charge in [0.05, 0.1) is 0 Å². The molecular weight excluding hydrogens is 311 g/mol. The van der Waals surface area contributed by atoms with Gasteiger partial charge in [-0.15, -0.1) is 0 Å². The van der Waals surface area contributed by atoms with Gasteiger partial charge in [-0.2, -0.15) is 13.2 Å². The fourth-order valence-electron chi connectivity index (χ4n) is 1.59. The van der Waals surface area contributed by atoms with Gasteiger partial charge in [0.25, 0.3) is 0 Å². The average molecular weight is 324 g/mol. The minimum atomic E-state index is -4.25. The topological polar surface area (TPSA) is 20.3 Å². The van der Waals surface area contributed by atoms with Crippen molar-refractivity contribution in [3.63, 3.8) is 0 Å². The Labute approximate surface area is 112 Å². The third-order valence-corrected chi connectivity index (χ3v) is 3.03. The highest BCUT2D eigenvalue weighted by Crippen LogP contribution is 2.26. The van der Waals surface area contributed by atoms with E-state index in [9.17, 15) is 18.0 Å². The molecule has 1 rings (SSSR count). The first-order valence-electron chi connectivity index (χ1n) is 5.44. The minimum absolute atomic E-state index is 0.312. The van der Waals surface area contributed by atoms with Crippen molar-refractivity contribution < 1.29 is 18.0 Å². The molecule has 0 aliphatic carbocycles. The van der Waals surface area contributed by atoms with Gasteiger partial charge in [0, 0.05) is 22.3 Å². The van der Waals surface area contributed by atoms with Crippen LogP contribution in [-0.4, -0.2) is 25.6 Å². The van der Waals surface area contributed by atoms with Crippen LogP contribution in [0.2, 0.25) is 0 Å². The summed E-state index contributed by atoms with van der Waals surface area (Å²) in [5.41, 5.74) is 0.869. The Kier molecular flexibility index (Phi) is 5.19. The van der Waals surface area contributed by atoms with Crippen LogP contribution in [0.3, 0.4) is 0 Å². The lowest BCUT2D eigenvalue weighted by Gasteiger charge is -2.25. The molecule has 2 nitrogen and oxygen atoms in total. The average Bonchev–Trinajstić information content (AvgIpc) is 2.26. The summed E-state index contributed by atoms with van der Waals surface area (Å²) < 4.78 is 37.9. The van der Waals surface area contributed by atoms with Crippen LogP contribution < -0.4 is 4.90 Å². The van der Waals surface area contributed by atoms with E-state index in [1.165, 1.54) is 23.1 Å². The third kappa shape index (κ3) is 4.33. The Morgan fingerprint density at radius 2 is 2.06 bits per heavy atom. The summed E-state index contributed by atoms with van der Waals surface area (Å²) in [4.78, 5) is 11.9. The standard InChI is InChI=1S/C12H13BrF3NO/c1-2-5-17(8-12(14,15)16)10-4-3-9(7-18)11(13)6-10/h3-4,6-7H,2,5,8H2,1H3. The molecular formula is C12H13BrF3NO. The maximum Gasteiger partial charge on any atom is 0.405 e. The zero-order chi connectivity index (χ0) is 13.8. The van der Waals surface area contributed by atoms with Crippen LogP contribution in [0.4, 0.5) is 18.9 Å². The Bertz CT molecular complexity index is 420. The van der Waals surface area contributed by atoms with Crippen molar-refractivity contribution in [3.05, 3.63) is 28.2 Å². The van der Waals surface area contributed by atoms with Gasteiger partial charge in [0.15, 0.2) is 6.29 Å². The maximum absolute atomic E-state index is 12.5. The number of alkyl halides is 3. The molecule has 0 heterocycles. The molecule has 0 fully saturated rings. The highest BCUT2D eigenvalue weighted by Gasteiger charge is 2.30. The first kappa shape index (κ1) is 15.0. The maximum atomic E-state index is 12.5. The van der Waals surface area contributed by atoms with Gasteiger partial charge in [0.1, 0.15) is 6.54 Å². The van der Waals surface area contributed by atoms with Gasteiger partial charge in [0.2, 0.25) is 0 Å². The van der Waals surface area contributed by atoms with Gasteiger partial charge in [-0.3, -0.25) is 4.79 Å². The molecule has 0 spiro atoms. The molecule has 0 saturated carbocycles. The fraction of sp³-hybridized carbons (Fsp3) is 0.417. The largest absolute Gasteiger partial charge is 0.405 e. The molecule has 0 aromatic heterocycles. The van der Waals surface area contributed by atoms with Crippen LogP contribution >= 0.6 is 15.9 Å². The smallest absolute Gasteiger partial charge is 0.363 e. The van der Waals surface area contributed by atoms with Gasteiger partial charge in [-0.25, -0.2) is 0 Å². The van der Waals surface area contributed by atoms with Crippen molar-refractivity contribution in [1.29, 1.82) is 0 Å². The van der Waals surface area contributed by atoms with Crippen molar-refractivity contribution in [2.24, 2.45) is 0 Å². The number of carbonyl (C=O) groups excluding carboxylic acids is 1. The number of nitrogens with zero attached hydrogens (tertiary/aromatic N) is 1. The Morgan fingerprint density at radius 3 is 2.50 bits per heavy atom. The summed E-state index contributed by atoms with van der Waals surface area (Å²) in [6, 6.07) is 4.56. The van der Waals surface area contributed by atoms with Crippen LogP contribution in [0.1, 0.15) is 23.7 Å². The van der Waals surface area contributed by atoms with Gasteiger partial charge < -0.3 is 4.90 Å². The van der Waals surface area contributed by atoms with Crippen molar-refractivity contribution in [3.8, 4) is 0 Å². The number of anilines is 1. The van der Waals surface area contributed by atoms with E-state index in [0.717, 1.165) is 0 Å². The molecule has 0 atom stereocenters. The molecule has 18 heavy (non-hydrogen) atoms. The second-order valence-corrected chi connectivity index (χ2v) is 4.71. The quantitative estimate of drug-likeness (QED) is 0.762. The molecule has 0 N–H and O–H groups in total. The van der Waals surface area contributed by atoms with Crippen LogP contribution in [0.15, 0.2) is 22.7 Å². The summed E-state index contributed by atoms with van der Waals surface area (Å²) in [5, 5.41) is 0. The first-order valence-corrected chi connectivity index (χ1v) is 6.23. The minimum Gasteiger partial charge on any atom is -0.363 e. The number of rotatable bonds is 5. The van der Waals surface area contributed by atoms with Crippen LogP contribution in [0, 0.1) is 0 Å². The van der Waals surface area contributed by atoms with Crippen molar-refractivity contribution in [2.45, 2.75) is 19.5 Å². The predicted octanol–water partition coefficient (Wildman–Crippen LogP) is 4.04. The molecule has 0 unspecified atom stereocenters. The molecule has 0 saturated heterocycles. The number of benzene rings is 1.